The van der Waals surface area contributed by atoms with Gasteiger partial charge in [0.1, 0.15) is 0 Å². The third-order valence-corrected chi connectivity index (χ3v) is 4.63. The lowest BCUT2D eigenvalue weighted by Crippen LogP contribution is -2.55. The van der Waals surface area contributed by atoms with Gasteiger partial charge in [-0.1, -0.05) is 19.8 Å². The second-order valence-corrected chi connectivity index (χ2v) is 6.14. The van der Waals surface area contributed by atoms with Crippen LogP contribution in [0.2, 0.25) is 0 Å². The van der Waals surface area contributed by atoms with Crippen LogP contribution in [-0.4, -0.2) is 59.7 Å². The van der Waals surface area contributed by atoms with Gasteiger partial charge in [-0.05, 0) is 18.8 Å². The number of carbonyl (C=O) groups excluding carboxylic acids is 3. The number of rotatable bonds is 1. The molecule has 2 unspecified atom stereocenters. The van der Waals surface area contributed by atoms with Crippen LogP contribution in [-0.2, 0) is 14.4 Å². The van der Waals surface area contributed by atoms with E-state index >= 15 is 0 Å². The van der Waals surface area contributed by atoms with Gasteiger partial charge in [-0.15, -0.1) is 0 Å². The molecule has 1 aliphatic carbocycles. The molecule has 1 heterocycles. The molecule has 6 heteroatoms. The molecule has 2 fully saturated rings. The first kappa shape index (κ1) is 15.8. The van der Waals surface area contributed by atoms with E-state index in [1.54, 1.807) is 9.80 Å². The number of hydrogen-bond acceptors (Lipinski definition) is 3. The van der Waals surface area contributed by atoms with Gasteiger partial charge in [-0.25, -0.2) is 0 Å². The second kappa shape index (κ2) is 6.91. The summed E-state index contributed by atoms with van der Waals surface area (Å²) in [5, 5.41) is 2.89. The van der Waals surface area contributed by atoms with Crippen molar-refractivity contribution in [3.8, 4) is 0 Å². The highest BCUT2D eigenvalue weighted by atomic mass is 16.2. The smallest absolute Gasteiger partial charge is 0.312 e. The van der Waals surface area contributed by atoms with Gasteiger partial charge >= 0.3 is 11.8 Å². The van der Waals surface area contributed by atoms with Gasteiger partial charge in [-0.3, -0.25) is 14.4 Å². The third-order valence-electron chi connectivity index (χ3n) is 4.63. The molecule has 1 N–H and O–H groups in total. The summed E-state index contributed by atoms with van der Waals surface area (Å²) in [6.45, 7) is 5.54. The SMILES string of the molecule is CC(=O)N1CCN(C(=O)C(=O)NC2CCCCC2C)CC1. The van der Waals surface area contributed by atoms with E-state index in [0.717, 1.165) is 19.3 Å². The highest BCUT2D eigenvalue weighted by Gasteiger charge is 2.30. The van der Waals surface area contributed by atoms with Gasteiger partial charge in [0.15, 0.2) is 0 Å². The number of nitrogens with one attached hydrogen (secondary N) is 1. The van der Waals surface area contributed by atoms with Crippen molar-refractivity contribution < 1.29 is 14.4 Å². The summed E-state index contributed by atoms with van der Waals surface area (Å²) in [6.07, 6.45) is 4.38. The monoisotopic (exact) mass is 295 g/mol. The topological polar surface area (TPSA) is 69.7 Å². The van der Waals surface area contributed by atoms with E-state index in [-0.39, 0.29) is 11.9 Å². The average molecular weight is 295 g/mol. The third kappa shape index (κ3) is 3.95. The van der Waals surface area contributed by atoms with E-state index in [0.29, 0.717) is 32.1 Å². The molecule has 118 valence electrons. The van der Waals surface area contributed by atoms with Gasteiger partial charge < -0.3 is 15.1 Å². The lowest BCUT2D eigenvalue weighted by molar-refractivity contribution is -0.148. The largest absolute Gasteiger partial charge is 0.345 e. The first-order chi connectivity index (χ1) is 9.99. The Morgan fingerprint density at radius 1 is 0.952 bits per heavy atom. The summed E-state index contributed by atoms with van der Waals surface area (Å²) >= 11 is 0. The van der Waals surface area contributed by atoms with Gasteiger partial charge in [0.2, 0.25) is 5.91 Å². The predicted octanol–water partition coefficient (Wildman–Crippen LogP) is 0.372. The second-order valence-electron chi connectivity index (χ2n) is 6.14. The molecule has 0 bridgehead atoms. The molecular weight excluding hydrogens is 270 g/mol. The molecule has 2 aliphatic rings. The van der Waals surface area contributed by atoms with E-state index in [1.165, 1.54) is 13.3 Å². The highest BCUT2D eigenvalue weighted by molar-refractivity contribution is 6.35. The Balaban J connectivity index is 1.82. The van der Waals surface area contributed by atoms with Crippen LogP contribution >= 0.6 is 0 Å². The molecule has 21 heavy (non-hydrogen) atoms. The molecule has 1 saturated heterocycles. The molecule has 0 spiro atoms. The quantitative estimate of drug-likeness (QED) is 0.711. The Kier molecular flexibility index (Phi) is 5.20. The fourth-order valence-electron chi connectivity index (χ4n) is 3.13. The molecule has 0 aromatic heterocycles. The standard InChI is InChI=1S/C15H25N3O3/c1-11-5-3-4-6-13(11)16-14(20)15(21)18-9-7-17(8-10-18)12(2)19/h11,13H,3-10H2,1-2H3,(H,16,20). The van der Waals surface area contributed by atoms with Crippen molar-refractivity contribution >= 4 is 17.7 Å². The maximum Gasteiger partial charge on any atom is 0.312 e. The Hall–Kier alpha value is -1.59. The highest BCUT2D eigenvalue weighted by Crippen LogP contribution is 2.23. The molecule has 1 aliphatic heterocycles. The van der Waals surface area contributed by atoms with Crippen LogP contribution in [0, 0.1) is 5.92 Å². The van der Waals surface area contributed by atoms with E-state index < -0.39 is 11.8 Å². The molecule has 2 atom stereocenters. The van der Waals surface area contributed by atoms with Crippen LogP contribution in [0.25, 0.3) is 0 Å². The number of carbonyl (C=O) groups is 3. The van der Waals surface area contributed by atoms with Gasteiger partial charge in [0.05, 0.1) is 0 Å². The Labute approximate surface area is 125 Å². The number of amides is 3. The first-order valence-corrected chi connectivity index (χ1v) is 7.84. The zero-order valence-corrected chi connectivity index (χ0v) is 12.9. The predicted molar refractivity (Wildman–Crippen MR) is 78.4 cm³/mol. The summed E-state index contributed by atoms with van der Waals surface area (Å²) in [4.78, 5) is 38.7. The summed E-state index contributed by atoms with van der Waals surface area (Å²) in [7, 11) is 0. The summed E-state index contributed by atoms with van der Waals surface area (Å²) < 4.78 is 0. The Morgan fingerprint density at radius 3 is 2.10 bits per heavy atom. The van der Waals surface area contributed by atoms with Crippen LogP contribution in [0.1, 0.15) is 39.5 Å². The van der Waals surface area contributed by atoms with Crippen molar-refractivity contribution in [2.75, 3.05) is 26.2 Å². The number of hydrogen-bond donors (Lipinski definition) is 1. The molecule has 2 rings (SSSR count). The molecule has 0 aromatic rings. The minimum absolute atomic E-state index is 0.0163. The van der Waals surface area contributed by atoms with Crippen molar-refractivity contribution in [2.24, 2.45) is 5.92 Å². The molecule has 3 amide bonds. The zero-order valence-electron chi connectivity index (χ0n) is 12.9. The van der Waals surface area contributed by atoms with Crippen LogP contribution in [0.5, 0.6) is 0 Å². The fraction of sp³-hybridized carbons (Fsp3) is 0.800. The Morgan fingerprint density at radius 2 is 1.52 bits per heavy atom. The molecule has 0 aromatic carbocycles. The molecular formula is C15H25N3O3. The summed E-state index contributed by atoms with van der Waals surface area (Å²) in [5.74, 6) is -0.506. The molecule has 0 radical (unpaired) electrons. The van der Waals surface area contributed by atoms with Crippen LogP contribution in [0.4, 0.5) is 0 Å². The molecule has 1 saturated carbocycles. The van der Waals surface area contributed by atoms with Crippen molar-refractivity contribution in [3.05, 3.63) is 0 Å². The van der Waals surface area contributed by atoms with E-state index in [2.05, 4.69) is 12.2 Å². The lowest BCUT2D eigenvalue weighted by Gasteiger charge is -2.34. The van der Waals surface area contributed by atoms with Crippen LogP contribution in [0.15, 0.2) is 0 Å². The first-order valence-electron chi connectivity index (χ1n) is 7.84. The Bertz CT molecular complexity index is 416. The van der Waals surface area contributed by atoms with Gasteiger partial charge in [0.25, 0.3) is 0 Å². The maximum absolute atomic E-state index is 12.2. The summed E-state index contributed by atoms with van der Waals surface area (Å²) in [6, 6.07) is 0.119. The van der Waals surface area contributed by atoms with Crippen molar-refractivity contribution in [1.29, 1.82) is 0 Å². The molecule has 6 nitrogen and oxygen atoms in total. The number of nitrogens with zero attached hydrogens (tertiary/aromatic N) is 2. The van der Waals surface area contributed by atoms with E-state index in [1.807, 2.05) is 0 Å². The van der Waals surface area contributed by atoms with E-state index in [9.17, 15) is 14.4 Å². The van der Waals surface area contributed by atoms with Gasteiger partial charge in [0, 0.05) is 39.1 Å². The van der Waals surface area contributed by atoms with Crippen molar-refractivity contribution in [2.45, 2.75) is 45.6 Å². The number of piperazine rings is 1. The van der Waals surface area contributed by atoms with E-state index in [4.69, 9.17) is 0 Å². The van der Waals surface area contributed by atoms with Crippen molar-refractivity contribution in [3.63, 3.8) is 0 Å². The average Bonchev–Trinajstić information content (AvgIpc) is 2.49. The van der Waals surface area contributed by atoms with Crippen LogP contribution in [0.3, 0.4) is 0 Å². The zero-order chi connectivity index (χ0) is 15.4. The van der Waals surface area contributed by atoms with Gasteiger partial charge in [-0.2, -0.15) is 0 Å². The fourth-order valence-corrected chi connectivity index (χ4v) is 3.13. The van der Waals surface area contributed by atoms with Crippen LogP contribution < -0.4 is 5.32 Å². The van der Waals surface area contributed by atoms with Crippen molar-refractivity contribution in [1.82, 2.24) is 15.1 Å². The minimum atomic E-state index is -0.495. The summed E-state index contributed by atoms with van der Waals surface area (Å²) in [5.41, 5.74) is 0. The lowest BCUT2D eigenvalue weighted by atomic mass is 9.86. The normalized spacial score (nSPS) is 26.4. The minimum Gasteiger partial charge on any atom is -0.345 e. The maximum atomic E-state index is 12.2.